The summed E-state index contributed by atoms with van der Waals surface area (Å²) in [5.74, 6) is -0.720. The van der Waals surface area contributed by atoms with Crippen LogP contribution < -0.4 is 5.32 Å². The lowest BCUT2D eigenvalue weighted by Crippen LogP contribution is -2.35. The largest absolute Gasteiger partial charge is 0.434 e. The summed E-state index contributed by atoms with van der Waals surface area (Å²) < 4.78 is 37.7. The molecule has 4 nitrogen and oxygen atoms in total. The standard InChI is InChI=1S/C11H16F3N3OS/c1-3-17(4-2)6-5-15-10(18)8-9(11(12,13)14)16-7-19-8/h7H,3-6H2,1-2H3,(H,15,18). The van der Waals surface area contributed by atoms with Gasteiger partial charge in [-0.15, -0.1) is 11.3 Å². The van der Waals surface area contributed by atoms with Crippen molar-refractivity contribution in [1.82, 2.24) is 15.2 Å². The third-order valence-electron chi connectivity index (χ3n) is 2.65. The van der Waals surface area contributed by atoms with Crippen LogP contribution in [0.3, 0.4) is 0 Å². The SMILES string of the molecule is CCN(CC)CCNC(=O)c1scnc1C(F)(F)F. The minimum absolute atomic E-state index is 0.315. The molecule has 0 spiro atoms. The van der Waals surface area contributed by atoms with Gasteiger partial charge < -0.3 is 10.2 Å². The molecule has 0 aliphatic rings. The maximum absolute atomic E-state index is 12.6. The number of likely N-dealkylation sites (N-methyl/N-ethyl adjacent to an activating group) is 1. The van der Waals surface area contributed by atoms with Gasteiger partial charge in [-0.2, -0.15) is 13.2 Å². The number of carbonyl (C=O) groups excluding carboxylic acids is 1. The smallest absolute Gasteiger partial charge is 0.350 e. The highest BCUT2D eigenvalue weighted by Crippen LogP contribution is 2.32. The Hall–Kier alpha value is -1.15. The summed E-state index contributed by atoms with van der Waals surface area (Å²) in [6.07, 6.45) is -4.59. The lowest BCUT2D eigenvalue weighted by molar-refractivity contribution is -0.141. The highest BCUT2D eigenvalue weighted by molar-refractivity contribution is 7.11. The first-order chi connectivity index (χ1) is 8.90. The van der Waals surface area contributed by atoms with Crippen LogP contribution in [-0.2, 0) is 6.18 Å². The van der Waals surface area contributed by atoms with Crippen LogP contribution >= 0.6 is 11.3 Å². The number of hydrogen-bond donors (Lipinski definition) is 1. The van der Waals surface area contributed by atoms with Gasteiger partial charge in [0.1, 0.15) is 4.88 Å². The molecule has 19 heavy (non-hydrogen) atoms. The van der Waals surface area contributed by atoms with E-state index in [1.807, 2.05) is 13.8 Å². The maximum Gasteiger partial charge on any atom is 0.434 e. The van der Waals surface area contributed by atoms with Gasteiger partial charge in [0.2, 0.25) is 0 Å². The Morgan fingerprint density at radius 1 is 1.42 bits per heavy atom. The van der Waals surface area contributed by atoms with E-state index in [2.05, 4.69) is 15.2 Å². The molecule has 1 rings (SSSR count). The van der Waals surface area contributed by atoms with Crippen molar-refractivity contribution >= 4 is 17.2 Å². The van der Waals surface area contributed by atoms with E-state index in [1.165, 1.54) is 0 Å². The summed E-state index contributed by atoms with van der Waals surface area (Å²) in [7, 11) is 0. The van der Waals surface area contributed by atoms with E-state index in [1.54, 1.807) is 0 Å². The normalized spacial score (nSPS) is 11.9. The fourth-order valence-corrected chi connectivity index (χ4v) is 2.28. The zero-order valence-electron chi connectivity index (χ0n) is 10.8. The summed E-state index contributed by atoms with van der Waals surface area (Å²) >= 11 is 0.698. The van der Waals surface area contributed by atoms with E-state index >= 15 is 0 Å². The molecule has 0 saturated heterocycles. The number of thiazole rings is 1. The fraction of sp³-hybridized carbons (Fsp3) is 0.636. The molecule has 0 aromatic carbocycles. The van der Waals surface area contributed by atoms with Crippen molar-refractivity contribution in [3.8, 4) is 0 Å². The molecule has 0 fully saturated rings. The Kier molecular flexibility index (Phi) is 5.74. The number of nitrogens with zero attached hydrogens (tertiary/aromatic N) is 2. The summed E-state index contributed by atoms with van der Waals surface area (Å²) in [5.41, 5.74) is -0.0832. The first-order valence-electron chi connectivity index (χ1n) is 5.91. The fourth-order valence-electron chi connectivity index (χ4n) is 1.56. The second kappa shape index (κ2) is 6.85. The van der Waals surface area contributed by atoms with Gasteiger partial charge in [0, 0.05) is 13.1 Å². The average molecular weight is 295 g/mol. The second-order valence-electron chi connectivity index (χ2n) is 3.81. The molecule has 0 radical (unpaired) electrons. The molecule has 0 unspecified atom stereocenters. The van der Waals surface area contributed by atoms with Crippen molar-refractivity contribution in [1.29, 1.82) is 0 Å². The van der Waals surface area contributed by atoms with Crippen LogP contribution in [0.15, 0.2) is 5.51 Å². The molecule has 1 amide bonds. The number of hydrogen-bond acceptors (Lipinski definition) is 4. The van der Waals surface area contributed by atoms with E-state index in [-0.39, 0.29) is 4.88 Å². The summed E-state index contributed by atoms with van der Waals surface area (Å²) in [4.78, 5) is 16.6. The van der Waals surface area contributed by atoms with E-state index in [9.17, 15) is 18.0 Å². The Labute approximate surface area is 113 Å². The minimum atomic E-state index is -4.59. The first kappa shape index (κ1) is 15.9. The molecule has 0 bridgehead atoms. The zero-order chi connectivity index (χ0) is 14.5. The molecule has 1 heterocycles. The molecule has 0 atom stereocenters. The van der Waals surface area contributed by atoms with Crippen LogP contribution in [0.25, 0.3) is 0 Å². The minimum Gasteiger partial charge on any atom is -0.350 e. The van der Waals surface area contributed by atoms with Crippen molar-refractivity contribution in [2.75, 3.05) is 26.2 Å². The molecule has 0 saturated carbocycles. The lowest BCUT2D eigenvalue weighted by Gasteiger charge is -2.17. The van der Waals surface area contributed by atoms with E-state index in [4.69, 9.17) is 0 Å². The van der Waals surface area contributed by atoms with Crippen molar-refractivity contribution in [3.05, 3.63) is 16.1 Å². The monoisotopic (exact) mass is 295 g/mol. The van der Waals surface area contributed by atoms with Crippen molar-refractivity contribution in [2.45, 2.75) is 20.0 Å². The predicted octanol–water partition coefficient (Wildman–Crippen LogP) is 2.23. The summed E-state index contributed by atoms with van der Waals surface area (Å²) in [6, 6.07) is 0. The number of halogens is 3. The van der Waals surface area contributed by atoms with E-state index in [0.29, 0.717) is 24.4 Å². The van der Waals surface area contributed by atoms with Gasteiger partial charge in [0.15, 0.2) is 5.69 Å². The third-order valence-corrected chi connectivity index (χ3v) is 3.48. The Bertz CT molecular complexity index is 416. The molecule has 0 aliphatic carbocycles. The molecular formula is C11H16F3N3OS. The molecule has 8 heteroatoms. The number of nitrogens with one attached hydrogen (secondary N) is 1. The van der Waals surface area contributed by atoms with Crippen LogP contribution in [0.2, 0.25) is 0 Å². The highest BCUT2D eigenvalue weighted by atomic mass is 32.1. The van der Waals surface area contributed by atoms with Crippen molar-refractivity contribution in [3.63, 3.8) is 0 Å². The van der Waals surface area contributed by atoms with Gasteiger partial charge in [-0.05, 0) is 13.1 Å². The Morgan fingerprint density at radius 3 is 2.58 bits per heavy atom. The zero-order valence-corrected chi connectivity index (χ0v) is 11.6. The van der Waals surface area contributed by atoms with Gasteiger partial charge >= 0.3 is 6.18 Å². The lowest BCUT2D eigenvalue weighted by atomic mass is 10.3. The molecule has 1 N–H and O–H groups in total. The van der Waals surface area contributed by atoms with Gasteiger partial charge in [-0.25, -0.2) is 4.98 Å². The third kappa shape index (κ3) is 4.46. The first-order valence-corrected chi connectivity index (χ1v) is 6.79. The van der Waals surface area contributed by atoms with Crippen LogP contribution in [0.4, 0.5) is 13.2 Å². The number of aromatic nitrogens is 1. The highest BCUT2D eigenvalue weighted by Gasteiger charge is 2.38. The molecule has 0 aliphatic heterocycles. The average Bonchev–Trinajstić information content (AvgIpc) is 2.83. The summed E-state index contributed by atoms with van der Waals surface area (Å²) in [6.45, 7) is 6.56. The molecule has 1 aromatic heterocycles. The second-order valence-corrected chi connectivity index (χ2v) is 4.67. The van der Waals surface area contributed by atoms with Crippen LogP contribution in [0.1, 0.15) is 29.2 Å². The van der Waals surface area contributed by atoms with Crippen LogP contribution in [0.5, 0.6) is 0 Å². The number of amides is 1. The summed E-state index contributed by atoms with van der Waals surface area (Å²) in [5, 5.41) is 2.49. The Balaban J connectivity index is 2.58. The van der Waals surface area contributed by atoms with E-state index in [0.717, 1.165) is 18.6 Å². The molecule has 1 aromatic rings. The van der Waals surface area contributed by atoms with E-state index < -0.39 is 17.8 Å². The van der Waals surface area contributed by atoms with Gasteiger partial charge in [-0.1, -0.05) is 13.8 Å². The van der Waals surface area contributed by atoms with Crippen molar-refractivity contribution in [2.24, 2.45) is 0 Å². The number of rotatable bonds is 6. The number of alkyl halides is 3. The quantitative estimate of drug-likeness (QED) is 0.875. The van der Waals surface area contributed by atoms with Crippen molar-refractivity contribution < 1.29 is 18.0 Å². The van der Waals surface area contributed by atoms with Gasteiger partial charge in [0.05, 0.1) is 5.51 Å². The van der Waals surface area contributed by atoms with Crippen LogP contribution in [-0.4, -0.2) is 42.0 Å². The maximum atomic E-state index is 12.6. The molecule has 108 valence electrons. The Morgan fingerprint density at radius 2 is 2.05 bits per heavy atom. The van der Waals surface area contributed by atoms with Gasteiger partial charge in [-0.3, -0.25) is 4.79 Å². The predicted molar refractivity (Wildman–Crippen MR) is 67.2 cm³/mol. The number of carbonyl (C=O) groups is 1. The molecular weight excluding hydrogens is 279 g/mol. The topological polar surface area (TPSA) is 45.2 Å². The van der Waals surface area contributed by atoms with Crippen LogP contribution in [0, 0.1) is 0 Å². The van der Waals surface area contributed by atoms with Gasteiger partial charge in [0.25, 0.3) is 5.91 Å².